The molecule has 0 amide bonds. The Kier molecular flexibility index (Phi) is 2.78. The van der Waals surface area contributed by atoms with Crippen molar-refractivity contribution < 1.29 is 0 Å². The van der Waals surface area contributed by atoms with E-state index in [9.17, 15) is 0 Å². The lowest BCUT2D eigenvalue weighted by atomic mass is 10.3. The van der Waals surface area contributed by atoms with Gasteiger partial charge in [-0.2, -0.15) is 0 Å². The fourth-order valence-electron chi connectivity index (χ4n) is 0.553. The van der Waals surface area contributed by atoms with Gasteiger partial charge < -0.3 is 0 Å². The van der Waals surface area contributed by atoms with Crippen LogP contribution in [0.3, 0.4) is 0 Å². The van der Waals surface area contributed by atoms with Gasteiger partial charge in [0.15, 0.2) is 0 Å². The van der Waals surface area contributed by atoms with Gasteiger partial charge in [0.2, 0.25) is 0 Å². The summed E-state index contributed by atoms with van der Waals surface area (Å²) in [4.78, 5) is 3.24. The van der Waals surface area contributed by atoms with Crippen LogP contribution in [0.25, 0.3) is 0 Å². The largest absolute Gasteiger partial charge is 0.245 e. The van der Waals surface area contributed by atoms with Crippen molar-refractivity contribution in [3.63, 3.8) is 0 Å². The third kappa shape index (κ3) is 2.01. The zero-order valence-electron chi connectivity index (χ0n) is 4.89. The van der Waals surface area contributed by atoms with E-state index in [1.165, 1.54) is 0 Å². The van der Waals surface area contributed by atoms with Crippen LogP contribution in [-0.4, -0.2) is 4.98 Å². The number of alkyl halides is 2. The molecule has 1 heterocycles. The Hall–Kier alpha value is 0.0200. The molecular weight excluding hydrogens is 192 g/mol. The van der Waals surface area contributed by atoms with E-state index in [1.807, 2.05) is 0 Å². The fourth-order valence-corrected chi connectivity index (χ4v) is 1.01. The minimum Gasteiger partial charge on any atom is -0.245 e. The topological polar surface area (TPSA) is 12.9 Å². The van der Waals surface area contributed by atoms with Gasteiger partial charge in [-0.15, -0.1) is 23.2 Å². The lowest BCUT2D eigenvalue weighted by Gasteiger charge is -1.98. The van der Waals surface area contributed by atoms with Crippen LogP contribution < -0.4 is 0 Å². The third-order valence-electron chi connectivity index (χ3n) is 1.00. The van der Waals surface area contributed by atoms with Crippen molar-refractivity contribution in [2.75, 3.05) is 0 Å². The molecule has 1 rings (SSSR count). The molecule has 1 aromatic rings. The van der Waals surface area contributed by atoms with Crippen LogP contribution in [0, 0.1) is 0 Å². The van der Waals surface area contributed by atoms with Gasteiger partial charge in [0.05, 0.1) is 0 Å². The molecule has 0 aliphatic heterocycles. The van der Waals surface area contributed by atoms with Gasteiger partial charge >= 0.3 is 0 Å². The molecule has 0 aromatic carbocycles. The molecule has 4 heteroatoms. The van der Waals surface area contributed by atoms with Gasteiger partial charge in [0, 0.05) is 6.20 Å². The van der Waals surface area contributed by atoms with Crippen LogP contribution >= 0.6 is 34.8 Å². The van der Waals surface area contributed by atoms with Crippen molar-refractivity contribution in [3.8, 4) is 0 Å². The van der Waals surface area contributed by atoms with Crippen molar-refractivity contribution in [2.45, 2.75) is 4.84 Å². The number of halogens is 3. The second kappa shape index (κ2) is 3.42. The van der Waals surface area contributed by atoms with Crippen LogP contribution in [0.15, 0.2) is 18.3 Å². The molecule has 1 aromatic heterocycles. The third-order valence-corrected chi connectivity index (χ3v) is 1.71. The van der Waals surface area contributed by atoms with E-state index in [1.54, 1.807) is 18.3 Å². The van der Waals surface area contributed by atoms with Crippen molar-refractivity contribution in [2.24, 2.45) is 0 Å². The van der Waals surface area contributed by atoms with Gasteiger partial charge in [-0.05, 0) is 17.7 Å². The normalized spacial score (nSPS) is 10.4. The predicted octanol–water partition coefficient (Wildman–Crippen LogP) is 3.21. The summed E-state index contributed by atoms with van der Waals surface area (Å²) in [6.45, 7) is 0. The van der Waals surface area contributed by atoms with Gasteiger partial charge in [-0.1, -0.05) is 11.6 Å². The molecule has 10 heavy (non-hydrogen) atoms. The Balaban J connectivity index is 2.96. The molecule has 0 bridgehead atoms. The Labute approximate surface area is 73.9 Å². The molecule has 0 atom stereocenters. The SMILES string of the molecule is Clc1cc(C(Cl)Cl)ccn1. The molecule has 0 spiro atoms. The minimum absolute atomic E-state index is 0.406. The lowest BCUT2D eigenvalue weighted by molar-refractivity contribution is 1.25. The Morgan fingerprint density at radius 1 is 1.40 bits per heavy atom. The molecule has 0 saturated carbocycles. The summed E-state index contributed by atoms with van der Waals surface area (Å²) in [6.07, 6.45) is 1.56. The van der Waals surface area contributed by atoms with E-state index in [-0.39, 0.29) is 0 Å². The van der Waals surface area contributed by atoms with E-state index < -0.39 is 4.84 Å². The highest BCUT2D eigenvalue weighted by atomic mass is 35.5. The number of nitrogens with zero attached hydrogens (tertiary/aromatic N) is 1. The minimum atomic E-state index is -0.527. The second-order valence-electron chi connectivity index (χ2n) is 1.71. The van der Waals surface area contributed by atoms with E-state index >= 15 is 0 Å². The molecule has 1 nitrogen and oxygen atoms in total. The molecule has 0 saturated heterocycles. The average molecular weight is 196 g/mol. The van der Waals surface area contributed by atoms with Crippen LogP contribution in [0.4, 0.5) is 0 Å². The van der Waals surface area contributed by atoms with E-state index in [0.29, 0.717) is 5.15 Å². The summed E-state index contributed by atoms with van der Waals surface area (Å²) in [5.74, 6) is 0. The first-order valence-electron chi connectivity index (χ1n) is 2.60. The van der Waals surface area contributed by atoms with Gasteiger partial charge in [-0.25, -0.2) is 4.98 Å². The van der Waals surface area contributed by atoms with Crippen molar-refractivity contribution in [1.29, 1.82) is 0 Å². The summed E-state index contributed by atoms with van der Waals surface area (Å²) in [7, 11) is 0. The number of hydrogen-bond donors (Lipinski definition) is 0. The molecule has 0 aliphatic rings. The monoisotopic (exact) mass is 195 g/mol. The van der Waals surface area contributed by atoms with E-state index in [0.717, 1.165) is 5.56 Å². The summed E-state index contributed by atoms with van der Waals surface area (Å²) in [6, 6.07) is 3.35. The highest BCUT2D eigenvalue weighted by Gasteiger charge is 2.02. The number of hydrogen-bond acceptors (Lipinski definition) is 1. The van der Waals surface area contributed by atoms with Crippen LogP contribution in [0.1, 0.15) is 10.4 Å². The molecule has 54 valence electrons. The van der Waals surface area contributed by atoms with Gasteiger partial charge in [0.1, 0.15) is 9.99 Å². The molecule has 0 fully saturated rings. The molecule has 0 N–H and O–H groups in total. The average Bonchev–Trinajstić information content (AvgIpc) is 1.88. The summed E-state index contributed by atoms with van der Waals surface area (Å²) in [5, 5.41) is 0.406. The Morgan fingerprint density at radius 2 is 2.10 bits per heavy atom. The zero-order valence-corrected chi connectivity index (χ0v) is 7.16. The predicted molar refractivity (Wildman–Crippen MR) is 43.7 cm³/mol. The van der Waals surface area contributed by atoms with E-state index in [4.69, 9.17) is 34.8 Å². The van der Waals surface area contributed by atoms with E-state index in [2.05, 4.69) is 4.98 Å². The lowest BCUT2D eigenvalue weighted by Crippen LogP contribution is -1.82. The summed E-state index contributed by atoms with van der Waals surface area (Å²) in [5.41, 5.74) is 0.767. The summed E-state index contributed by atoms with van der Waals surface area (Å²) < 4.78 is 0. The first-order valence-corrected chi connectivity index (χ1v) is 3.85. The molecule has 0 radical (unpaired) electrons. The highest BCUT2D eigenvalue weighted by molar-refractivity contribution is 6.44. The van der Waals surface area contributed by atoms with Gasteiger partial charge in [-0.3, -0.25) is 0 Å². The summed E-state index contributed by atoms with van der Waals surface area (Å²) >= 11 is 16.7. The molecule has 0 aliphatic carbocycles. The first-order chi connectivity index (χ1) is 4.70. The molecule has 0 unspecified atom stereocenters. The maximum atomic E-state index is 5.56. The van der Waals surface area contributed by atoms with Crippen molar-refractivity contribution in [1.82, 2.24) is 4.98 Å². The zero-order chi connectivity index (χ0) is 7.56. The van der Waals surface area contributed by atoms with Crippen LogP contribution in [-0.2, 0) is 0 Å². The highest BCUT2D eigenvalue weighted by Crippen LogP contribution is 2.25. The van der Waals surface area contributed by atoms with Crippen molar-refractivity contribution >= 4 is 34.8 Å². The number of pyridine rings is 1. The maximum Gasteiger partial charge on any atom is 0.132 e. The fraction of sp³-hybridized carbons (Fsp3) is 0.167. The quantitative estimate of drug-likeness (QED) is 0.496. The second-order valence-corrected chi connectivity index (χ2v) is 3.20. The smallest absolute Gasteiger partial charge is 0.132 e. The number of rotatable bonds is 1. The Morgan fingerprint density at radius 3 is 2.50 bits per heavy atom. The van der Waals surface area contributed by atoms with Crippen LogP contribution in [0.2, 0.25) is 5.15 Å². The number of aromatic nitrogens is 1. The standard InChI is InChI=1S/C6H4Cl3N/c7-5-3-4(6(8)9)1-2-10-5/h1-3,6H. The first kappa shape index (κ1) is 8.12. The maximum absolute atomic E-state index is 5.56. The Bertz CT molecular complexity index is 224. The van der Waals surface area contributed by atoms with Gasteiger partial charge in [0.25, 0.3) is 0 Å². The molecular formula is C6H4Cl3N. The van der Waals surface area contributed by atoms with Crippen LogP contribution in [0.5, 0.6) is 0 Å². The van der Waals surface area contributed by atoms with Crippen molar-refractivity contribution in [3.05, 3.63) is 29.0 Å².